The number of piperidine rings is 1. The first-order valence-electron chi connectivity index (χ1n) is 9.52. The summed E-state index contributed by atoms with van der Waals surface area (Å²) in [4.78, 5) is 17.5. The molecule has 2 aromatic rings. The Morgan fingerprint density at radius 2 is 1.65 bits per heavy atom. The van der Waals surface area contributed by atoms with E-state index in [4.69, 9.17) is 4.74 Å². The van der Waals surface area contributed by atoms with E-state index >= 15 is 0 Å². The van der Waals surface area contributed by atoms with Gasteiger partial charge in [-0.15, -0.1) is 0 Å². The maximum atomic E-state index is 13.0. The van der Waals surface area contributed by atoms with Crippen molar-refractivity contribution in [1.82, 2.24) is 4.90 Å². The molecule has 2 saturated heterocycles. The Morgan fingerprint density at radius 3 is 2.31 bits per heavy atom. The predicted molar refractivity (Wildman–Crippen MR) is 103 cm³/mol. The molecule has 2 aliphatic heterocycles. The summed E-state index contributed by atoms with van der Waals surface area (Å²) >= 11 is 0. The molecule has 26 heavy (non-hydrogen) atoms. The molecular formula is C22H26N2O2. The highest BCUT2D eigenvalue weighted by Gasteiger charge is 2.49. The molecule has 0 aromatic heterocycles. The smallest absolute Gasteiger partial charge is 0.234 e. The van der Waals surface area contributed by atoms with E-state index in [0.29, 0.717) is 0 Å². The lowest BCUT2D eigenvalue weighted by molar-refractivity contribution is -0.131. The molecule has 4 nitrogen and oxygen atoms in total. The molecule has 0 spiro atoms. The van der Waals surface area contributed by atoms with Gasteiger partial charge in [-0.25, -0.2) is 0 Å². The average Bonchev–Trinajstić information content (AvgIpc) is 2.71. The minimum atomic E-state index is 0.0394. The van der Waals surface area contributed by atoms with Crippen LogP contribution in [0.5, 0.6) is 5.75 Å². The zero-order valence-corrected chi connectivity index (χ0v) is 15.3. The highest BCUT2D eigenvalue weighted by molar-refractivity contribution is 6.03. The van der Waals surface area contributed by atoms with E-state index < -0.39 is 0 Å². The Morgan fingerprint density at radius 1 is 0.962 bits per heavy atom. The molecule has 0 N–H and O–H groups in total. The van der Waals surface area contributed by atoms with E-state index in [9.17, 15) is 4.79 Å². The molecule has 2 aliphatic rings. The van der Waals surface area contributed by atoms with Crippen LogP contribution < -0.4 is 9.64 Å². The summed E-state index contributed by atoms with van der Waals surface area (Å²) in [5.74, 6) is 1.08. The van der Waals surface area contributed by atoms with Crippen LogP contribution in [0.2, 0.25) is 0 Å². The Hall–Kier alpha value is -2.33. The number of methoxy groups -OCH3 is 1. The number of amides is 1. The lowest BCUT2D eigenvalue weighted by Gasteiger charge is -2.49. The third-order valence-electron chi connectivity index (χ3n) is 5.61. The van der Waals surface area contributed by atoms with Crippen molar-refractivity contribution in [1.29, 1.82) is 0 Å². The molecule has 2 atom stereocenters. The Kier molecular flexibility index (Phi) is 4.93. The van der Waals surface area contributed by atoms with Gasteiger partial charge in [-0.3, -0.25) is 4.79 Å². The van der Waals surface area contributed by atoms with E-state index in [1.165, 1.54) is 24.8 Å². The second-order valence-electron chi connectivity index (χ2n) is 7.23. The second kappa shape index (κ2) is 7.50. The summed E-state index contributed by atoms with van der Waals surface area (Å²) in [5.41, 5.74) is 2.16. The van der Waals surface area contributed by atoms with E-state index in [2.05, 4.69) is 29.2 Å². The van der Waals surface area contributed by atoms with Gasteiger partial charge in [-0.05, 0) is 55.8 Å². The standard InChI is InChI=1S/C22H26N2O2/c1-26-19-12-10-18(11-13-19)24-21(17-8-4-2-5-9-17)20(22(24)25)16-23-14-6-3-7-15-23/h2,4-5,8-13,20-21H,3,6-7,14-16H2,1H3/t20-,21-/m0/s1. The van der Waals surface area contributed by atoms with Crippen molar-refractivity contribution in [3.8, 4) is 5.75 Å². The molecule has 0 saturated carbocycles. The summed E-state index contributed by atoms with van der Waals surface area (Å²) < 4.78 is 5.25. The molecular weight excluding hydrogens is 324 g/mol. The Bertz CT molecular complexity index is 738. The average molecular weight is 350 g/mol. The van der Waals surface area contributed by atoms with E-state index in [-0.39, 0.29) is 17.9 Å². The molecule has 0 unspecified atom stereocenters. The van der Waals surface area contributed by atoms with Gasteiger partial charge >= 0.3 is 0 Å². The highest BCUT2D eigenvalue weighted by atomic mass is 16.5. The third-order valence-corrected chi connectivity index (χ3v) is 5.61. The first kappa shape index (κ1) is 17.1. The summed E-state index contributed by atoms with van der Waals surface area (Å²) in [6, 6.07) is 18.3. The van der Waals surface area contributed by atoms with Crippen LogP contribution in [0.25, 0.3) is 0 Å². The van der Waals surface area contributed by atoms with Crippen molar-refractivity contribution >= 4 is 11.6 Å². The van der Waals surface area contributed by atoms with Crippen LogP contribution >= 0.6 is 0 Å². The topological polar surface area (TPSA) is 32.8 Å². The van der Waals surface area contributed by atoms with Gasteiger partial charge in [0.05, 0.1) is 19.1 Å². The molecule has 4 rings (SSSR count). The first-order chi connectivity index (χ1) is 12.8. The second-order valence-corrected chi connectivity index (χ2v) is 7.23. The number of carbonyl (C=O) groups is 1. The van der Waals surface area contributed by atoms with Crippen LogP contribution in [-0.4, -0.2) is 37.6 Å². The van der Waals surface area contributed by atoms with Gasteiger partial charge in [0, 0.05) is 12.2 Å². The van der Waals surface area contributed by atoms with Gasteiger partial charge in [0.15, 0.2) is 0 Å². The Labute approximate surface area is 155 Å². The van der Waals surface area contributed by atoms with Crippen LogP contribution in [0, 0.1) is 5.92 Å². The third kappa shape index (κ3) is 3.21. The molecule has 0 radical (unpaired) electrons. The zero-order valence-electron chi connectivity index (χ0n) is 15.3. The molecule has 136 valence electrons. The fourth-order valence-corrected chi connectivity index (χ4v) is 4.21. The lowest BCUT2D eigenvalue weighted by Crippen LogP contribution is -2.59. The fourth-order valence-electron chi connectivity index (χ4n) is 4.21. The first-order valence-corrected chi connectivity index (χ1v) is 9.52. The maximum Gasteiger partial charge on any atom is 0.234 e. The van der Waals surface area contributed by atoms with Crippen LogP contribution in [0.1, 0.15) is 30.9 Å². The summed E-state index contributed by atoms with van der Waals surface area (Å²) in [7, 11) is 1.66. The van der Waals surface area contributed by atoms with E-state index in [1.807, 2.05) is 35.2 Å². The number of carbonyl (C=O) groups excluding carboxylic acids is 1. The molecule has 2 heterocycles. The normalized spacial score (nSPS) is 23.6. The van der Waals surface area contributed by atoms with Crippen molar-refractivity contribution in [2.24, 2.45) is 5.92 Å². The number of rotatable bonds is 5. The minimum absolute atomic E-state index is 0.0394. The highest BCUT2D eigenvalue weighted by Crippen LogP contribution is 2.44. The number of nitrogens with zero attached hydrogens (tertiary/aromatic N) is 2. The van der Waals surface area contributed by atoms with Gasteiger partial charge in [0.25, 0.3) is 0 Å². The molecule has 2 aromatic carbocycles. The largest absolute Gasteiger partial charge is 0.497 e. The fraction of sp³-hybridized carbons (Fsp3) is 0.409. The van der Waals surface area contributed by atoms with Crippen LogP contribution in [0.3, 0.4) is 0 Å². The Balaban J connectivity index is 1.59. The van der Waals surface area contributed by atoms with Gasteiger partial charge in [0.2, 0.25) is 5.91 Å². The zero-order chi connectivity index (χ0) is 17.9. The molecule has 0 aliphatic carbocycles. The van der Waals surface area contributed by atoms with E-state index in [1.54, 1.807) is 7.11 Å². The number of β-lactam (4-membered cyclic amide) rings is 1. The molecule has 4 heteroatoms. The minimum Gasteiger partial charge on any atom is -0.497 e. The maximum absolute atomic E-state index is 13.0. The number of anilines is 1. The molecule has 2 fully saturated rings. The van der Waals surface area contributed by atoms with Crippen molar-refractivity contribution < 1.29 is 9.53 Å². The summed E-state index contributed by atoms with van der Waals surface area (Å²) in [5, 5.41) is 0. The lowest BCUT2D eigenvalue weighted by atomic mass is 9.81. The summed E-state index contributed by atoms with van der Waals surface area (Å²) in [6.45, 7) is 3.10. The van der Waals surface area contributed by atoms with Crippen molar-refractivity contribution in [2.45, 2.75) is 25.3 Å². The number of likely N-dealkylation sites (tertiary alicyclic amines) is 1. The van der Waals surface area contributed by atoms with Crippen molar-refractivity contribution in [3.05, 3.63) is 60.2 Å². The number of benzene rings is 2. The quantitative estimate of drug-likeness (QED) is 0.767. The van der Waals surface area contributed by atoms with E-state index in [0.717, 1.165) is 31.1 Å². The molecule has 0 bridgehead atoms. The number of hydrogen-bond donors (Lipinski definition) is 0. The monoisotopic (exact) mass is 350 g/mol. The number of hydrogen-bond acceptors (Lipinski definition) is 3. The predicted octanol–water partition coefficient (Wildman–Crippen LogP) is 3.89. The van der Waals surface area contributed by atoms with Crippen LogP contribution in [0.15, 0.2) is 54.6 Å². The summed E-state index contributed by atoms with van der Waals surface area (Å²) in [6.07, 6.45) is 3.81. The van der Waals surface area contributed by atoms with Gasteiger partial charge in [0.1, 0.15) is 5.75 Å². The van der Waals surface area contributed by atoms with Gasteiger partial charge < -0.3 is 14.5 Å². The SMILES string of the molecule is COc1ccc(N2C(=O)[C@@H](CN3CCCCC3)[C@@H]2c2ccccc2)cc1. The number of ether oxygens (including phenoxy) is 1. The van der Waals surface area contributed by atoms with Crippen molar-refractivity contribution in [3.63, 3.8) is 0 Å². The van der Waals surface area contributed by atoms with Crippen molar-refractivity contribution in [2.75, 3.05) is 31.6 Å². The van der Waals surface area contributed by atoms with Gasteiger partial charge in [-0.1, -0.05) is 36.8 Å². The van der Waals surface area contributed by atoms with Crippen LogP contribution in [0.4, 0.5) is 5.69 Å². The van der Waals surface area contributed by atoms with Gasteiger partial charge in [-0.2, -0.15) is 0 Å². The molecule has 1 amide bonds. The van der Waals surface area contributed by atoms with Crippen LogP contribution in [-0.2, 0) is 4.79 Å².